The molecule has 21 heavy (non-hydrogen) atoms. The number of carbonyl (C=O) groups excluding carboxylic acids is 2. The van der Waals surface area contributed by atoms with Crippen LogP contribution in [0.2, 0.25) is 0 Å². The number of aromatic nitrogens is 2. The van der Waals surface area contributed by atoms with Crippen molar-refractivity contribution in [2.45, 2.75) is 13.1 Å². The first-order valence-corrected chi connectivity index (χ1v) is 6.57. The van der Waals surface area contributed by atoms with Crippen molar-refractivity contribution in [2.24, 2.45) is 0 Å². The summed E-state index contributed by atoms with van der Waals surface area (Å²) >= 11 is 0. The summed E-state index contributed by atoms with van der Waals surface area (Å²) in [5.41, 5.74) is 0.841. The number of benzene rings is 1. The minimum Gasteiger partial charge on any atom is -0.360 e. The third-order valence-corrected chi connectivity index (χ3v) is 3.87. The normalized spacial score (nSPS) is 16.7. The van der Waals surface area contributed by atoms with Crippen molar-refractivity contribution < 1.29 is 14.0 Å². The predicted molar refractivity (Wildman–Crippen MR) is 72.6 cm³/mol. The van der Waals surface area contributed by atoms with Crippen LogP contribution in [0.25, 0.3) is 0 Å². The molecule has 3 heterocycles. The molecule has 0 fully saturated rings. The van der Waals surface area contributed by atoms with Gasteiger partial charge in [0.1, 0.15) is 11.6 Å². The van der Waals surface area contributed by atoms with Crippen LogP contribution in [-0.4, -0.2) is 27.8 Å². The van der Waals surface area contributed by atoms with Crippen LogP contribution < -0.4 is 10.2 Å². The maximum absolute atomic E-state index is 14.3. The Morgan fingerprint density at radius 3 is 2.95 bits per heavy atom. The molecule has 0 spiro atoms. The molecule has 2 aliphatic heterocycles. The summed E-state index contributed by atoms with van der Waals surface area (Å²) in [5, 5.41) is 2.47. The molecule has 0 aliphatic carbocycles. The Bertz CT molecular complexity index is 783. The number of carbonyl (C=O) groups is 2. The first kappa shape index (κ1) is 12.1. The molecule has 1 aromatic heterocycles. The van der Waals surface area contributed by atoms with E-state index in [4.69, 9.17) is 0 Å². The first-order valence-electron chi connectivity index (χ1n) is 6.57. The van der Waals surface area contributed by atoms with Crippen molar-refractivity contribution in [1.29, 1.82) is 0 Å². The van der Waals surface area contributed by atoms with Crippen LogP contribution in [0.4, 0.5) is 15.8 Å². The molecule has 1 aromatic carbocycles. The van der Waals surface area contributed by atoms with Crippen molar-refractivity contribution in [1.82, 2.24) is 9.55 Å². The summed E-state index contributed by atoms with van der Waals surface area (Å²) in [6, 6.07) is 2.65. The lowest BCUT2D eigenvalue weighted by molar-refractivity contribution is -0.112. The second-order valence-corrected chi connectivity index (χ2v) is 5.09. The zero-order valence-electron chi connectivity index (χ0n) is 11.0. The third kappa shape index (κ3) is 1.74. The molecule has 7 heteroatoms. The van der Waals surface area contributed by atoms with Crippen molar-refractivity contribution in [3.05, 3.63) is 41.7 Å². The van der Waals surface area contributed by atoms with E-state index in [9.17, 15) is 14.0 Å². The highest BCUT2D eigenvalue weighted by Gasteiger charge is 2.31. The van der Waals surface area contributed by atoms with Crippen LogP contribution in [-0.2, 0) is 17.9 Å². The summed E-state index contributed by atoms with van der Waals surface area (Å²) in [5.74, 6) is -1.04. The fourth-order valence-corrected chi connectivity index (χ4v) is 2.78. The van der Waals surface area contributed by atoms with E-state index >= 15 is 0 Å². The number of hydrogen-bond acceptors (Lipinski definition) is 4. The average molecular weight is 286 g/mol. The highest BCUT2D eigenvalue weighted by molar-refractivity contribution is 6.51. The number of ketones is 1. The minimum atomic E-state index is -0.712. The van der Waals surface area contributed by atoms with Crippen LogP contribution in [0, 0.1) is 5.82 Å². The van der Waals surface area contributed by atoms with Crippen molar-refractivity contribution in [2.75, 3.05) is 16.8 Å². The summed E-state index contributed by atoms with van der Waals surface area (Å²) in [6.07, 6.45) is 3.61. The van der Waals surface area contributed by atoms with Crippen LogP contribution >= 0.6 is 0 Å². The van der Waals surface area contributed by atoms with E-state index in [0.29, 0.717) is 24.5 Å². The smallest absolute Gasteiger partial charge is 0.296 e. The Kier molecular flexibility index (Phi) is 2.38. The van der Waals surface area contributed by atoms with Crippen molar-refractivity contribution in [3.8, 4) is 0 Å². The zero-order chi connectivity index (χ0) is 14.6. The van der Waals surface area contributed by atoms with E-state index < -0.39 is 17.5 Å². The minimum absolute atomic E-state index is 0.0970. The molecule has 106 valence electrons. The quantitative estimate of drug-likeness (QED) is 0.799. The Labute approximate surface area is 119 Å². The first-order chi connectivity index (χ1) is 10.1. The fraction of sp³-hybridized carbons (Fsp3) is 0.214. The average Bonchev–Trinajstić information content (AvgIpc) is 3.04. The summed E-state index contributed by atoms with van der Waals surface area (Å²) < 4.78 is 16.3. The van der Waals surface area contributed by atoms with Gasteiger partial charge in [-0.2, -0.15) is 0 Å². The van der Waals surface area contributed by atoms with Gasteiger partial charge < -0.3 is 14.8 Å². The van der Waals surface area contributed by atoms with Gasteiger partial charge in [-0.1, -0.05) is 0 Å². The van der Waals surface area contributed by atoms with E-state index in [0.717, 1.165) is 18.4 Å². The summed E-state index contributed by atoms with van der Waals surface area (Å²) in [4.78, 5) is 29.0. The lowest BCUT2D eigenvalue weighted by atomic mass is 10.1. The van der Waals surface area contributed by atoms with Gasteiger partial charge in [-0.3, -0.25) is 9.59 Å². The van der Waals surface area contributed by atoms with Crippen LogP contribution in [0.15, 0.2) is 24.5 Å². The lowest BCUT2D eigenvalue weighted by Crippen LogP contribution is -2.34. The van der Waals surface area contributed by atoms with Crippen LogP contribution in [0.3, 0.4) is 0 Å². The second kappa shape index (κ2) is 4.15. The highest BCUT2D eigenvalue weighted by atomic mass is 19.1. The molecule has 2 aliphatic rings. The number of fused-ring (bicyclic) bond motifs is 2. The molecule has 2 aromatic rings. The molecule has 0 bridgehead atoms. The van der Waals surface area contributed by atoms with Gasteiger partial charge in [0.2, 0.25) is 0 Å². The largest absolute Gasteiger partial charge is 0.360 e. The molecule has 4 rings (SSSR count). The molecule has 0 radical (unpaired) electrons. The number of amides is 1. The Balaban J connectivity index is 1.73. The van der Waals surface area contributed by atoms with Crippen molar-refractivity contribution in [3.63, 3.8) is 0 Å². The van der Waals surface area contributed by atoms with Gasteiger partial charge in [0.05, 0.1) is 23.5 Å². The third-order valence-electron chi connectivity index (χ3n) is 3.87. The van der Waals surface area contributed by atoms with Gasteiger partial charge in [0.15, 0.2) is 0 Å². The molecule has 6 nitrogen and oxygen atoms in total. The van der Waals surface area contributed by atoms with Gasteiger partial charge in [-0.15, -0.1) is 0 Å². The fourth-order valence-electron chi connectivity index (χ4n) is 2.78. The van der Waals surface area contributed by atoms with Gasteiger partial charge in [-0.25, -0.2) is 9.37 Å². The monoisotopic (exact) mass is 286 g/mol. The van der Waals surface area contributed by atoms with Crippen molar-refractivity contribution >= 4 is 23.1 Å². The van der Waals surface area contributed by atoms with E-state index in [1.165, 1.54) is 6.07 Å². The number of imidazole rings is 1. The number of halogens is 1. The number of hydrogen-bond donors (Lipinski definition) is 1. The maximum Gasteiger partial charge on any atom is 0.296 e. The molecular weight excluding hydrogens is 275 g/mol. The van der Waals surface area contributed by atoms with Gasteiger partial charge in [0.25, 0.3) is 11.7 Å². The zero-order valence-corrected chi connectivity index (χ0v) is 11.0. The van der Waals surface area contributed by atoms with E-state index in [2.05, 4.69) is 10.3 Å². The molecule has 0 unspecified atom stereocenters. The lowest BCUT2D eigenvalue weighted by Gasteiger charge is -2.30. The highest BCUT2D eigenvalue weighted by Crippen LogP contribution is 2.32. The SMILES string of the molecule is O=C1Nc2cc(N3CCn4ccnc4C3)c(F)cc2C1=O. The number of Topliss-reactive ketones (excluding diaryl/α,β-unsaturated/α-hetero) is 1. The van der Waals surface area contributed by atoms with E-state index in [1.54, 1.807) is 6.20 Å². The van der Waals surface area contributed by atoms with Gasteiger partial charge in [-0.05, 0) is 12.1 Å². The number of nitrogens with zero attached hydrogens (tertiary/aromatic N) is 3. The molecule has 0 atom stereocenters. The van der Waals surface area contributed by atoms with Gasteiger partial charge >= 0.3 is 0 Å². The Morgan fingerprint density at radius 1 is 1.24 bits per heavy atom. The predicted octanol–water partition coefficient (Wildman–Crippen LogP) is 1.18. The van der Waals surface area contributed by atoms with Crippen LogP contribution in [0.1, 0.15) is 16.2 Å². The number of rotatable bonds is 1. The van der Waals surface area contributed by atoms with Gasteiger partial charge in [0, 0.05) is 25.5 Å². The molecule has 0 saturated carbocycles. The molecule has 0 saturated heterocycles. The topological polar surface area (TPSA) is 67.2 Å². The van der Waals surface area contributed by atoms with E-state index in [1.807, 2.05) is 15.7 Å². The Hall–Kier alpha value is -2.70. The molecule has 1 amide bonds. The van der Waals surface area contributed by atoms with Crippen LogP contribution in [0.5, 0.6) is 0 Å². The van der Waals surface area contributed by atoms with E-state index in [-0.39, 0.29) is 5.56 Å². The Morgan fingerprint density at radius 2 is 2.10 bits per heavy atom. The maximum atomic E-state index is 14.3. The number of anilines is 2. The molecule has 1 N–H and O–H groups in total. The molecular formula is C14H11FN4O2. The number of nitrogens with one attached hydrogen (secondary N) is 1. The second-order valence-electron chi connectivity index (χ2n) is 5.09. The summed E-state index contributed by atoms with van der Waals surface area (Å²) in [7, 11) is 0. The standard InChI is InChI=1S/C14H11FN4O2/c15-9-5-8-10(17-14(21)13(8)20)6-11(9)19-4-3-18-2-1-16-12(18)7-19/h1-2,5-6H,3-4,7H2,(H,17,20,21). The summed E-state index contributed by atoms with van der Waals surface area (Å²) in [6.45, 7) is 1.85.